The zero-order chi connectivity index (χ0) is 24.8. The highest BCUT2D eigenvalue weighted by molar-refractivity contribution is 7.98. The second kappa shape index (κ2) is 11.1. The van der Waals surface area contributed by atoms with E-state index >= 15 is 0 Å². The molecule has 4 aromatic carbocycles. The second-order valence-corrected chi connectivity index (χ2v) is 11.3. The Morgan fingerprint density at radius 2 is 1.36 bits per heavy atom. The predicted molar refractivity (Wildman–Crippen MR) is 144 cm³/mol. The molecule has 5 rings (SSSR count). The first-order chi connectivity index (χ1) is 17.6. The van der Waals surface area contributed by atoms with Gasteiger partial charge in [-0.15, -0.1) is 0 Å². The minimum Gasteiger partial charge on any atom is -0.431 e. The monoisotopic (exact) mass is 514 g/mol. The molecule has 0 radical (unpaired) electrons. The van der Waals surface area contributed by atoms with Crippen LogP contribution in [-0.4, -0.2) is 24.3 Å². The van der Waals surface area contributed by atoms with Gasteiger partial charge in [-0.3, -0.25) is 0 Å². The van der Waals surface area contributed by atoms with Crippen molar-refractivity contribution in [3.8, 4) is 0 Å². The maximum absolute atomic E-state index is 13.6. The number of hydrogen-bond donors (Lipinski definition) is 0. The maximum atomic E-state index is 13.6. The SMILES string of the molecule is O=S(=O)(c1ccc(CSc2nc3ccccc3o2)cc1)N(CCc1ccccc1)Cc1ccccc1. The summed E-state index contributed by atoms with van der Waals surface area (Å²) in [7, 11) is -3.67. The van der Waals surface area contributed by atoms with Crippen LogP contribution >= 0.6 is 11.8 Å². The lowest BCUT2D eigenvalue weighted by atomic mass is 10.1. The van der Waals surface area contributed by atoms with Crippen LogP contribution in [-0.2, 0) is 28.7 Å². The van der Waals surface area contributed by atoms with E-state index in [1.54, 1.807) is 16.4 Å². The average Bonchev–Trinajstić information content (AvgIpc) is 3.34. The van der Waals surface area contributed by atoms with Crippen molar-refractivity contribution in [2.24, 2.45) is 0 Å². The number of aromatic nitrogens is 1. The summed E-state index contributed by atoms with van der Waals surface area (Å²) >= 11 is 1.49. The van der Waals surface area contributed by atoms with Crippen molar-refractivity contribution in [1.29, 1.82) is 0 Å². The molecule has 0 unspecified atom stereocenters. The quantitative estimate of drug-likeness (QED) is 0.198. The lowest BCUT2D eigenvalue weighted by Crippen LogP contribution is -2.32. The van der Waals surface area contributed by atoms with E-state index in [0.29, 0.717) is 35.4 Å². The van der Waals surface area contributed by atoms with Crippen LogP contribution in [0.4, 0.5) is 0 Å². The van der Waals surface area contributed by atoms with Crippen LogP contribution in [0.5, 0.6) is 0 Å². The normalized spacial score (nSPS) is 11.8. The molecule has 36 heavy (non-hydrogen) atoms. The Kier molecular flexibility index (Phi) is 7.51. The fourth-order valence-corrected chi connectivity index (χ4v) is 6.16. The summed E-state index contributed by atoms with van der Waals surface area (Å²) in [5.41, 5.74) is 4.66. The lowest BCUT2D eigenvalue weighted by molar-refractivity contribution is 0.409. The Labute approximate surface area is 215 Å². The van der Waals surface area contributed by atoms with Crippen LogP contribution in [0, 0.1) is 0 Å². The number of benzene rings is 4. The van der Waals surface area contributed by atoms with Crippen LogP contribution in [0.25, 0.3) is 11.1 Å². The first-order valence-electron chi connectivity index (χ1n) is 11.7. The summed E-state index contributed by atoms with van der Waals surface area (Å²) in [6.45, 7) is 0.724. The fraction of sp³-hybridized carbons (Fsp3) is 0.138. The van der Waals surface area contributed by atoms with Crippen molar-refractivity contribution < 1.29 is 12.8 Å². The van der Waals surface area contributed by atoms with Gasteiger partial charge < -0.3 is 4.42 Å². The molecule has 5 aromatic rings. The van der Waals surface area contributed by atoms with E-state index in [2.05, 4.69) is 4.98 Å². The molecule has 0 saturated carbocycles. The molecule has 0 atom stereocenters. The molecular formula is C29H26N2O3S2. The Hall–Kier alpha value is -3.39. The minimum atomic E-state index is -3.67. The van der Waals surface area contributed by atoms with Gasteiger partial charge in [0.05, 0.1) is 4.90 Å². The lowest BCUT2D eigenvalue weighted by Gasteiger charge is -2.23. The van der Waals surface area contributed by atoms with Crippen molar-refractivity contribution in [2.45, 2.75) is 28.8 Å². The molecule has 0 spiro atoms. The molecule has 0 bridgehead atoms. The molecule has 182 valence electrons. The molecule has 0 aliphatic carbocycles. The predicted octanol–water partition coefficient (Wildman–Crippen LogP) is 6.55. The van der Waals surface area contributed by atoms with E-state index in [1.807, 2.05) is 97.1 Å². The van der Waals surface area contributed by atoms with Gasteiger partial charge in [0.2, 0.25) is 10.0 Å². The standard InChI is InChI=1S/C29H26N2O3S2/c32-36(33,31(21-24-11-5-2-6-12-24)20-19-23-9-3-1-4-10-23)26-17-15-25(16-18-26)22-35-29-30-27-13-7-8-14-28(27)34-29/h1-18H,19-22H2. The maximum Gasteiger partial charge on any atom is 0.257 e. The van der Waals surface area contributed by atoms with Gasteiger partial charge in [-0.1, -0.05) is 96.7 Å². The minimum absolute atomic E-state index is 0.294. The highest BCUT2D eigenvalue weighted by Crippen LogP contribution is 2.27. The number of hydrogen-bond acceptors (Lipinski definition) is 5. The highest BCUT2D eigenvalue weighted by atomic mass is 32.2. The summed E-state index contributed by atoms with van der Waals surface area (Å²) in [5, 5.41) is 0.600. The summed E-state index contributed by atoms with van der Waals surface area (Å²) in [6, 6.07) is 34.4. The second-order valence-electron chi connectivity index (χ2n) is 8.44. The first kappa shape index (κ1) is 24.3. The van der Waals surface area contributed by atoms with Crippen molar-refractivity contribution in [2.75, 3.05) is 6.54 Å². The zero-order valence-electron chi connectivity index (χ0n) is 19.7. The number of thioether (sulfide) groups is 1. The molecule has 1 aromatic heterocycles. The van der Waals surface area contributed by atoms with E-state index < -0.39 is 10.0 Å². The Bertz CT molecular complexity index is 1480. The molecule has 0 saturated heterocycles. The third-order valence-corrected chi connectivity index (χ3v) is 8.65. The van der Waals surface area contributed by atoms with Gasteiger partial charge in [-0.2, -0.15) is 4.31 Å². The zero-order valence-corrected chi connectivity index (χ0v) is 21.3. The molecule has 0 fully saturated rings. The number of sulfonamides is 1. The summed E-state index contributed by atoms with van der Waals surface area (Å²) in [5.74, 6) is 0.634. The average molecular weight is 515 g/mol. The summed E-state index contributed by atoms with van der Waals surface area (Å²) in [4.78, 5) is 4.78. The van der Waals surface area contributed by atoms with Crippen LogP contribution in [0.3, 0.4) is 0 Å². The third kappa shape index (κ3) is 5.87. The smallest absolute Gasteiger partial charge is 0.257 e. The molecule has 1 heterocycles. The fourth-order valence-electron chi connectivity index (χ4n) is 3.93. The van der Waals surface area contributed by atoms with Gasteiger partial charge in [-0.05, 0) is 47.4 Å². The topological polar surface area (TPSA) is 63.4 Å². The summed E-state index contributed by atoms with van der Waals surface area (Å²) < 4.78 is 34.6. The van der Waals surface area contributed by atoms with Crippen molar-refractivity contribution in [3.05, 3.63) is 126 Å². The van der Waals surface area contributed by atoms with E-state index in [4.69, 9.17) is 4.42 Å². The van der Waals surface area contributed by atoms with Crippen molar-refractivity contribution >= 4 is 32.9 Å². The van der Waals surface area contributed by atoms with Gasteiger partial charge >= 0.3 is 0 Å². The first-order valence-corrected chi connectivity index (χ1v) is 14.2. The van der Waals surface area contributed by atoms with Gasteiger partial charge in [0.1, 0.15) is 5.52 Å². The molecule has 0 N–H and O–H groups in total. The number of nitrogens with zero attached hydrogens (tertiary/aromatic N) is 2. The number of para-hydroxylation sites is 2. The molecular weight excluding hydrogens is 488 g/mol. The van der Waals surface area contributed by atoms with Gasteiger partial charge in [-0.25, -0.2) is 13.4 Å². The Balaban J connectivity index is 1.30. The van der Waals surface area contributed by atoms with E-state index in [9.17, 15) is 8.42 Å². The van der Waals surface area contributed by atoms with Crippen molar-refractivity contribution in [3.63, 3.8) is 0 Å². The molecule has 0 aliphatic rings. The molecule has 0 amide bonds. The number of oxazole rings is 1. The molecule has 0 aliphatic heterocycles. The Morgan fingerprint density at radius 1 is 0.722 bits per heavy atom. The van der Waals surface area contributed by atoms with E-state index in [1.165, 1.54) is 11.8 Å². The Morgan fingerprint density at radius 3 is 2.06 bits per heavy atom. The number of rotatable bonds is 10. The van der Waals surface area contributed by atoms with Crippen LogP contribution in [0.2, 0.25) is 0 Å². The van der Waals surface area contributed by atoms with Crippen molar-refractivity contribution in [1.82, 2.24) is 9.29 Å². The van der Waals surface area contributed by atoms with Gasteiger partial charge in [0.25, 0.3) is 5.22 Å². The van der Waals surface area contributed by atoms with E-state index in [-0.39, 0.29) is 0 Å². The van der Waals surface area contributed by atoms with Crippen LogP contribution in [0.15, 0.2) is 124 Å². The number of fused-ring (bicyclic) bond motifs is 1. The van der Waals surface area contributed by atoms with E-state index in [0.717, 1.165) is 27.8 Å². The third-order valence-electron chi connectivity index (χ3n) is 5.89. The largest absolute Gasteiger partial charge is 0.431 e. The summed E-state index contributed by atoms with van der Waals surface area (Å²) in [6.07, 6.45) is 0.645. The molecule has 7 heteroatoms. The molecule has 5 nitrogen and oxygen atoms in total. The van der Waals surface area contributed by atoms with Crippen LogP contribution < -0.4 is 0 Å². The highest BCUT2D eigenvalue weighted by Gasteiger charge is 2.24. The van der Waals surface area contributed by atoms with Crippen LogP contribution in [0.1, 0.15) is 16.7 Å². The van der Waals surface area contributed by atoms with Gasteiger partial charge in [0, 0.05) is 18.8 Å². The van der Waals surface area contributed by atoms with Gasteiger partial charge in [0.15, 0.2) is 5.58 Å².